The van der Waals surface area contributed by atoms with E-state index in [2.05, 4.69) is 19.6 Å². The highest BCUT2D eigenvalue weighted by molar-refractivity contribution is 6.90. The summed E-state index contributed by atoms with van der Waals surface area (Å²) in [6, 6.07) is 7.25. The smallest absolute Gasteiger partial charge is 0.343 e. The van der Waals surface area contributed by atoms with Crippen molar-refractivity contribution in [3.05, 3.63) is 51.3 Å². The van der Waals surface area contributed by atoms with Crippen molar-refractivity contribution in [2.45, 2.75) is 51.7 Å². The van der Waals surface area contributed by atoms with Crippen LogP contribution in [0.1, 0.15) is 30.0 Å². The molecule has 2 aliphatic heterocycles. The molecule has 4 heterocycles. The van der Waals surface area contributed by atoms with Crippen molar-refractivity contribution >= 4 is 30.1 Å². The molecule has 0 radical (unpaired) electrons. The molecule has 0 aliphatic carbocycles. The van der Waals surface area contributed by atoms with Gasteiger partial charge in [0.1, 0.15) is 12.4 Å². The van der Waals surface area contributed by atoms with Gasteiger partial charge in [-0.3, -0.25) is 4.79 Å². The first kappa shape index (κ1) is 20.0. The van der Waals surface area contributed by atoms with Crippen molar-refractivity contribution in [3.8, 4) is 17.1 Å². The van der Waals surface area contributed by atoms with Crippen LogP contribution < -0.4 is 10.7 Å². The van der Waals surface area contributed by atoms with Crippen LogP contribution in [0.2, 0.25) is 19.6 Å². The molecule has 31 heavy (non-hydrogen) atoms. The molecule has 8 heteroatoms. The van der Waals surface area contributed by atoms with E-state index >= 15 is 0 Å². The van der Waals surface area contributed by atoms with Gasteiger partial charge in [0.05, 0.1) is 37.1 Å². The Balaban J connectivity index is 1.83. The van der Waals surface area contributed by atoms with Crippen LogP contribution in [0.15, 0.2) is 29.1 Å². The third kappa shape index (κ3) is 2.64. The molecule has 2 N–H and O–H groups in total. The van der Waals surface area contributed by atoms with Crippen LogP contribution in [0, 0.1) is 0 Å². The number of hydrogen-bond donors (Lipinski definition) is 2. The van der Waals surface area contributed by atoms with Crippen LogP contribution in [0.25, 0.3) is 22.3 Å². The monoisotopic (exact) mass is 436 g/mol. The van der Waals surface area contributed by atoms with Gasteiger partial charge in [0.25, 0.3) is 5.56 Å². The number of phenols is 1. The number of carbonyl (C=O) groups excluding carboxylic acids is 1. The Bertz CT molecular complexity index is 1360. The van der Waals surface area contributed by atoms with Crippen LogP contribution in [0.5, 0.6) is 5.75 Å². The first-order valence-electron chi connectivity index (χ1n) is 10.4. The maximum absolute atomic E-state index is 13.3. The SMILES string of the molecule is CC[C@@]1(O)C(=O)OCc2c1cc1n(c2=O)Cc2cc3c(O)ccc([Si](C)(C)C)c3nc2-1. The van der Waals surface area contributed by atoms with E-state index in [-0.39, 0.29) is 24.3 Å². The third-order valence-electron chi connectivity index (χ3n) is 6.46. The Morgan fingerprint density at radius 1 is 1.23 bits per heavy atom. The Hall–Kier alpha value is -2.97. The van der Waals surface area contributed by atoms with E-state index in [1.165, 1.54) is 0 Å². The Labute approximate surface area is 179 Å². The number of cyclic esters (lactones) is 1. The lowest BCUT2D eigenvalue weighted by Crippen LogP contribution is -2.44. The number of benzene rings is 1. The van der Waals surface area contributed by atoms with Gasteiger partial charge in [0, 0.05) is 16.5 Å². The zero-order valence-electron chi connectivity index (χ0n) is 17.9. The zero-order valence-corrected chi connectivity index (χ0v) is 18.9. The van der Waals surface area contributed by atoms with Gasteiger partial charge in [-0.2, -0.15) is 0 Å². The number of rotatable bonds is 2. The first-order valence-corrected chi connectivity index (χ1v) is 13.9. The number of aromatic hydroxyl groups is 1. The molecule has 0 spiro atoms. The maximum atomic E-state index is 13.3. The summed E-state index contributed by atoms with van der Waals surface area (Å²) in [6.07, 6.45) is 0.105. The normalized spacial score (nSPS) is 19.7. The van der Waals surface area contributed by atoms with Crippen molar-refractivity contribution in [1.82, 2.24) is 9.55 Å². The van der Waals surface area contributed by atoms with Gasteiger partial charge in [-0.25, -0.2) is 9.78 Å². The molecule has 160 valence electrons. The highest BCUT2D eigenvalue weighted by atomic mass is 28.3. The number of aliphatic hydroxyl groups is 1. The summed E-state index contributed by atoms with van der Waals surface area (Å²) in [6.45, 7) is 8.50. The van der Waals surface area contributed by atoms with Crippen LogP contribution in [0.4, 0.5) is 0 Å². The van der Waals surface area contributed by atoms with Gasteiger partial charge in [-0.05, 0) is 29.8 Å². The maximum Gasteiger partial charge on any atom is 0.343 e. The molecule has 0 saturated heterocycles. The van der Waals surface area contributed by atoms with Gasteiger partial charge in [-0.15, -0.1) is 0 Å². The molecular formula is C23H24N2O5Si. The number of phenolic OH excluding ortho intramolecular Hbond substituents is 1. The van der Waals surface area contributed by atoms with E-state index in [1.54, 1.807) is 23.6 Å². The molecule has 0 bridgehead atoms. The van der Waals surface area contributed by atoms with E-state index in [0.29, 0.717) is 34.4 Å². The van der Waals surface area contributed by atoms with Gasteiger partial charge in [-0.1, -0.05) is 32.6 Å². The van der Waals surface area contributed by atoms with Crippen molar-refractivity contribution in [1.29, 1.82) is 0 Å². The predicted molar refractivity (Wildman–Crippen MR) is 119 cm³/mol. The summed E-state index contributed by atoms with van der Waals surface area (Å²) in [7, 11) is -1.76. The summed E-state index contributed by atoms with van der Waals surface area (Å²) < 4.78 is 6.72. The summed E-state index contributed by atoms with van der Waals surface area (Å²) >= 11 is 0. The Kier molecular flexibility index (Phi) is 4.04. The molecule has 7 nitrogen and oxygen atoms in total. The van der Waals surface area contributed by atoms with Gasteiger partial charge < -0.3 is 19.5 Å². The highest BCUT2D eigenvalue weighted by Gasteiger charge is 2.45. The zero-order chi connectivity index (χ0) is 22.3. The van der Waals surface area contributed by atoms with Crippen molar-refractivity contribution < 1.29 is 19.7 Å². The molecule has 5 rings (SSSR count). The fourth-order valence-electron chi connectivity index (χ4n) is 4.66. The first-order chi connectivity index (χ1) is 14.6. The van der Waals surface area contributed by atoms with E-state index in [4.69, 9.17) is 9.72 Å². The fraction of sp³-hybridized carbons (Fsp3) is 0.348. The average Bonchev–Trinajstić information content (AvgIpc) is 3.07. The van der Waals surface area contributed by atoms with E-state index in [1.807, 2.05) is 12.1 Å². The molecule has 2 aromatic heterocycles. The molecule has 1 aromatic carbocycles. The van der Waals surface area contributed by atoms with Crippen molar-refractivity contribution in [3.63, 3.8) is 0 Å². The average molecular weight is 437 g/mol. The summed E-state index contributed by atoms with van der Waals surface area (Å²) in [4.78, 5) is 30.5. The lowest BCUT2D eigenvalue weighted by atomic mass is 9.86. The summed E-state index contributed by atoms with van der Waals surface area (Å²) in [5, 5.41) is 23.3. The number of pyridine rings is 2. The van der Waals surface area contributed by atoms with E-state index < -0.39 is 19.6 Å². The number of nitrogens with zero attached hydrogens (tertiary/aromatic N) is 2. The molecule has 3 aromatic rings. The molecule has 0 fully saturated rings. The van der Waals surface area contributed by atoms with Crippen molar-refractivity contribution in [2.24, 2.45) is 0 Å². The lowest BCUT2D eigenvalue weighted by molar-refractivity contribution is -0.172. The molecule has 0 saturated carbocycles. The van der Waals surface area contributed by atoms with Crippen LogP contribution in [0.3, 0.4) is 0 Å². The Morgan fingerprint density at radius 3 is 2.65 bits per heavy atom. The topological polar surface area (TPSA) is 102 Å². The van der Waals surface area contributed by atoms with Gasteiger partial charge in [0.2, 0.25) is 0 Å². The second kappa shape index (κ2) is 6.27. The number of ether oxygens (including phenoxy) is 1. The number of carbonyl (C=O) groups is 1. The molecule has 2 aliphatic rings. The molecule has 0 unspecified atom stereocenters. The third-order valence-corrected chi connectivity index (χ3v) is 8.48. The largest absolute Gasteiger partial charge is 0.507 e. The van der Waals surface area contributed by atoms with Gasteiger partial charge >= 0.3 is 5.97 Å². The van der Waals surface area contributed by atoms with Crippen LogP contribution in [-0.2, 0) is 28.3 Å². The number of aromatic nitrogens is 2. The number of fused-ring (bicyclic) bond motifs is 5. The molecule has 0 amide bonds. The Morgan fingerprint density at radius 2 is 1.97 bits per heavy atom. The second-order valence-electron chi connectivity index (χ2n) is 9.38. The van der Waals surface area contributed by atoms with E-state index in [0.717, 1.165) is 16.3 Å². The summed E-state index contributed by atoms with van der Waals surface area (Å²) in [5.74, 6) is -0.572. The lowest BCUT2D eigenvalue weighted by Gasteiger charge is -2.31. The van der Waals surface area contributed by atoms with Crippen LogP contribution in [-0.4, -0.2) is 33.8 Å². The molecule has 1 atom stereocenters. The standard InChI is InChI=1S/C23H24N2O5Si/c1-5-23(29)15-9-16-19-12(10-25(16)21(27)14(15)11-30-22(23)28)8-13-17(26)6-7-18(20(13)24-19)31(2,3)4/h6-9,26,29H,5,10-11H2,1-4H3/t23-/m0/s1. The van der Waals surface area contributed by atoms with Crippen molar-refractivity contribution in [2.75, 3.05) is 0 Å². The summed E-state index contributed by atoms with van der Waals surface area (Å²) in [5.41, 5.74) is 1.26. The predicted octanol–water partition coefficient (Wildman–Crippen LogP) is 2.33. The highest BCUT2D eigenvalue weighted by Crippen LogP contribution is 2.39. The number of esters is 1. The minimum Gasteiger partial charge on any atom is -0.507 e. The van der Waals surface area contributed by atoms with Gasteiger partial charge in [0.15, 0.2) is 5.60 Å². The molecular weight excluding hydrogens is 412 g/mol. The van der Waals surface area contributed by atoms with Crippen LogP contribution >= 0.6 is 0 Å². The minimum atomic E-state index is -1.84. The fourth-order valence-corrected chi connectivity index (χ4v) is 6.14. The number of hydrogen-bond acceptors (Lipinski definition) is 6. The second-order valence-corrected chi connectivity index (χ2v) is 14.4. The quantitative estimate of drug-likeness (QED) is 0.369. The van der Waals surface area contributed by atoms with E-state index in [9.17, 15) is 19.8 Å². The minimum absolute atomic E-state index is 0.105.